The summed E-state index contributed by atoms with van der Waals surface area (Å²) in [7, 11) is 0. The van der Waals surface area contributed by atoms with Crippen molar-refractivity contribution >= 4 is 29.1 Å². The SMILES string of the molecule is CCn1ncc(NCC2CCCS2)c(Cl)c1=O. The third kappa shape index (κ3) is 2.96. The molecule has 1 atom stereocenters. The second-order valence-electron chi connectivity index (χ2n) is 4.01. The molecule has 0 aliphatic carbocycles. The quantitative estimate of drug-likeness (QED) is 0.914. The summed E-state index contributed by atoms with van der Waals surface area (Å²) in [5, 5.41) is 8.14. The van der Waals surface area contributed by atoms with Crippen molar-refractivity contribution in [2.45, 2.75) is 31.6 Å². The number of halogens is 1. The van der Waals surface area contributed by atoms with E-state index >= 15 is 0 Å². The molecule has 2 heterocycles. The highest BCUT2D eigenvalue weighted by Crippen LogP contribution is 2.26. The van der Waals surface area contributed by atoms with Gasteiger partial charge in [0.05, 0.1) is 11.9 Å². The molecule has 1 fully saturated rings. The highest BCUT2D eigenvalue weighted by molar-refractivity contribution is 8.00. The van der Waals surface area contributed by atoms with Crippen LogP contribution in [0.4, 0.5) is 5.69 Å². The van der Waals surface area contributed by atoms with Gasteiger partial charge in [0.15, 0.2) is 0 Å². The normalized spacial score (nSPS) is 19.5. The van der Waals surface area contributed by atoms with Gasteiger partial charge in [-0.15, -0.1) is 0 Å². The first-order chi connectivity index (χ1) is 8.22. The van der Waals surface area contributed by atoms with Crippen molar-refractivity contribution in [1.29, 1.82) is 0 Å². The molecule has 0 radical (unpaired) electrons. The van der Waals surface area contributed by atoms with E-state index < -0.39 is 0 Å². The third-order valence-corrected chi connectivity index (χ3v) is 4.59. The lowest BCUT2D eigenvalue weighted by Gasteiger charge is -2.12. The van der Waals surface area contributed by atoms with Gasteiger partial charge in [-0.3, -0.25) is 4.79 Å². The first kappa shape index (κ1) is 12.8. The van der Waals surface area contributed by atoms with Gasteiger partial charge in [-0.2, -0.15) is 16.9 Å². The Morgan fingerprint density at radius 1 is 1.71 bits per heavy atom. The van der Waals surface area contributed by atoms with Crippen LogP contribution in [0, 0.1) is 0 Å². The average molecular weight is 274 g/mol. The highest BCUT2D eigenvalue weighted by atomic mass is 35.5. The van der Waals surface area contributed by atoms with Crippen LogP contribution in [0.2, 0.25) is 5.02 Å². The molecule has 94 valence electrons. The summed E-state index contributed by atoms with van der Waals surface area (Å²) in [5.41, 5.74) is 0.423. The summed E-state index contributed by atoms with van der Waals surface area (Å²) in [6.07, 6.45) is 4.14. The van der Waals surface area contributed by atoms with Crippen LogP contribution >= 0.6 is 23.4 Å². The Morgan fingerprint density at radius 2 is 2.53 bits per heavy atom. The Morgan fingerprint density at radius 3 is 3.18 bits per heavy atom. The smallest absolute Gasteiger partial charge is 0.287 e. The minimum absolute atomic E-state index is 0.224. The molecule has 1 aliphatic heterocycles. The Balaban J connectivity index is 2.05. The first-order valence-corrected chi connectivity index (χ1v) is 7.26. The van der Waals surface area contributed by atoms with Crippen LogP contribution in [0.5, 0.6) is 0 Å². The molecule has 17 heavy (non-hydrogen) atoms. The van der Waals surface area contributed by atoms with E-state index in [9.17, 15) is 4.79 Å². The number of rotatable bonds is 4. The second kappa shape index (κ2) is 5.78. The number of hydrogen-bond donors (Lipinski definition) is 1. The Labute approximate surface area is 110 Å². The van der Waals surface area contributed by atoms with Gasteiger partial charge in [-0.05, 0) is 25.5 Å². The van der Waals surface area contributed by atoms with Crippen LogP contribution < -0.4 is 10.9 Å². The van der Waals surface area contributed by atoms with E-state index in [1.807, 2.05) is 18.7 Å². The number of nitrogens with zero attached hydrogens (tertiary/aromatic N) is 2. The van der Waals surface area contributed by atoms with Gasteiger partial charge in [-0.25, -0.2) is 4.68 Å². The number of nitrogens with one attached hydrogen (secondary N) is 1. The lowest BCUT2D eigenvalue weighted by Crippen LogP contribution is -2.24. The van der Waals surface area contributed by atoms with Crippen LogP contribution in [0.25, 0.3) is 0 Å². The number of thioether (sulfide) groups is 1. The fourth-order valence-electron chi connectivity index (χ4n) is 1.84. The topological polar surface area (TPSA) is 46.9 Å². The standard InChI is InChI=1S/C11H16ClN3OS/c1-2-15-11(16)10(12)9(7-14-15)13-6-8-4-3-5-17-8/h7-8,13H,2-6H2,1H3. The number of hydrogen-bond acceptors (Lipinski definition) is 4. The minimum atomic E-state index is -0.224. The first-order valence-electron chi connectivity index (χ1n) is 5.83. The monoisotopic (exact) mass is 273 g/mol. The van der Waals surface area contributed by atoms with E-state index in [1.165, 1.54) is 23.3 Å². The molecule has 1 N–H and O–H groups in total. The molecule has 0 spiro atoms. The van der Waals surface area contributed by atoms with Crippen molar-refractivity contribution in [3.63, 3.8) is 0 Å². The average Bonchev–Trinajstić information content (AvgIpc) is 2.84. The number of aryl methyl sites for hydroxylation is 1. The third-order valence-electron chi connectivity index (χ3n) is 2.83. The summed E-state index contributed by atoms with van der Waals surface area (Å²) in [5.74, 6) is 1.23. The zero-order valence-electron chi connectivity index (χ0n) is 9.78. The highest BCUT2D eigenvalue weighted by Gasteiger charge is 2.16. The molecule has 1 saturated heterocycles. The van der Waals surface area contributed by atoms with Crippen molar-refractivity contribution in [3.8, 4) is 0 Å². The fourth-order valence-corrected chi connectivity index (χ4v) is 3.26. The molecule has 4 nitrogen and oxygen atoms in total. The molecule has 1 aromatic heterocycles. The lowest BCUT2D eigenvalue weighted by molar-refractivity contribution is 0.616. The van der Waals surface area contributed by atoms with Gasteiger partial charge in [-0.1, -0.05) is 11.6 Å². The molecule has 0 aromatic carbocycles. The molecule has 2 rings (SSSR count). The summed E-state index contributed by atoms with van der Waals surface area (Å²) < 4.78 is 1.36. The Kier molecular flexibility index (Phi) is 4.34. The Hall–Kier alpha value is -0.680. The maximum absolute atomic E-state index is 11.7. The molecule has 0 amide bonds. The molecule has 1 aromatic rings. The molecule has 6 heteroatoms. The fraction of sp³-hybridized carbons (Fsp3) is 0.636. The van der Waals surface area contributed by atoms with Gasteiger partial charge in [0.1, 0.15) is 5.02 Å². The van der Waals surface area contributed by atoms with E-state index in [0.29, 0.717) is 17.5 Å². The van der Waals surface area contributed by atoms with Gasteiger partial charge in [0.25, 0.3) is 5.56 Å². The second-order valence-corrected chi connectivity index (χ2v) is 5.80. The van der Waals surface area contributed by atoms with Crippen LogP contribution in [-0.2, 0) is 6.54 Å². The van der Waals surface area contributed by atoms with Gasteiger partial charge >= 0.3 is 0 Å². The number of aromatic nitrogens is 2. The largest absolute Gasteiger partial charge is 0.381 e. The van der Waals surface area contributed by atoms with E-state index in [0.717, 1.165) is 6.54 Å². The summed E-state index contributed by atoms with van der Waals surface area (Å²) in [6, 6.07) is 0. The zero-order chi connectivity index (χ0) is 12.3. The Bertz CT molecular complexity index is 443. The van der Waals surface area contributed by atoms with Gasteiger partial charge < -0.3 is 5.32 Å². The van der Waals surface area contributed by atoms with Gasteiger partial charge in [0.2, 0.25) is 0 Å². The van der Waals surface area contributed by atoms with Crippen molar-refractivity contribution in [1.82, 2.24) is 9.78 Å². The van der Waals surface area contributed by atoms with E-state index in [4.69, 9.17) is 11.6 Å². The van der Waals surface area contributed by atoms with Crippen LogP contribution in [0.15, 0.2) is 11.0 Å². The van der Waals surface area contributed by atoms with Gasteiger partial charge in [0, 0.05) is 18.3 Å². The maximum atomic E-state index is 11.7. The van der Waals surface area contributed by atoms with Crippen molar-refractivity contribution in [2.24, 2.45) is 0 Å². The predicted octanol–water partition coefficient (Wildman–Crippen LogP) is 2.22. The molecule has 1 aliphatic rings. The van der Waals surface area contributed by atoms with E-state index in [-0.39, 0.29) is 10.6 Å². The maximum Gasteiger partial charge on any atom is 0.287 e. The number of anilines is 1. The summed E-state index contributed by atoms with van der Waals surface area (Å²) in [4.78, 5) is 11.7. The van der Waals surface area contributed by atoms with Crippen molar-refractivity contribution in [3.05, 3.63) is 21.6 Å². The van der Waals surface area contributed by atoms with Crippen LogP contribution in [0.1, 0.15) is 19.8 Å². The summed E-state index contributed by atoms with van der Waals surface area (Å²) in [6.45, 7) is 3.26. The van der Waals surface area contributed by atoms with E-state index in [1.54, 1.807) is 6.20 Å². The van der Waals surface area contributed by atoms with Crippen LogP contribution in [-0.4, -0.2) is 27.3 Å². The predicted molar refractivity (Wildman–Crippen MR) is 73.2 cm³/mol. The van der Waals surface area contributed by atoms with Crippen molar-refractivity contribution in [2.75, 3.05) is 17.6 Å². The molecule has 1 unspecified atom stereocenters. The van der Waals surface area contributed by atoms with Crippen molar-refractivity contribution < 1.29 is 0 Å². The molecular formula is C11H16ClN3OS. The zero-order valence-corrected chi connectivity index (χ0v) is 11.4. The summed E-state index contributed by atoms with van der Waals surface area (Å²) >= 11 is 7.99. The minimum Gasteiger partial charge on any atom is -0.381 e. The van der Waals surface area contributed by atoms with E-state index in [2.05, 4.69) is 10.4 Å². The molecule has 0 saturated carbocycles. The lowest BCUT2D eigenvalue weighted by atomic mass is 10.2. The molecular weight excluding hydrogens is 258 g/mol. The van der Waals surface area contributed by atoms with Crippen LogP contribution in [0.3, 0.4) is 0 Å². The molecule has 0 bridgehead atoms.